The van der Waals surface area contributed by atoms with Gasteiger partial charge in [-0.1, -0.05) is 0 Å². The number of hydrogen-bond acceptors (Lipinski definition) is 5. The monoisotopic (exact) mass is 307 g/mol. The lowest BCUT2D eigenvalue weighted by molar-refractivity contribution is 0.110. The molecular formula is C18H17N3O2. The fourth-order valence-corrected chi connectivity index (χ4v) is 2.39. The number of rotatable bonds is 4. The van der Waals surface area contributed by atoms with Crippen LogP contribution in [0.1, 0.15) is 21.9 Å². The summed E-state index contributed by atoms with van der Waals surface area (Å²) in [5.41, 5.74) is 3.76. The Morgan fingerprint density at radius 3 is 2.22 bits per heavy atom. The van der Waals surface area contributed by atoms with Gasteiger partial charge in [0.2, 0.25) is 5.95 Å². The second kappa shape index (κ2) is 6.04. The Kier molecular flexibility index (Phi) is 3.93. The summed E-state index contributed by atoms with van der Waals surface area (Å²) in [5, 5.41) is 0. The molecule has 0 unspecified atom stereocenters. The molecule has 0 saturated heterocycles. The Balaban J connectivity index is 1.87. The lowest BCUT2D eigenvalue weighted by Gasteiger charge is -2.18. The number of carbonyl (C=O) groups excluding carboxylic acids is 1. The van der Waals surface area contributed by atoms with E-state index in [2.05, 4.69) is 9.97 Å². The lowest BCUT2D eigenvalue weighted by atomic mass is 10.1. The highest BCUT2D eigenvalue weighted by atomic mass is 16.3. The van der Waals surface area contributed by atoms with Crippen molar-refractivity contribution in [2.24, 2.45) is 0 Å². The van der Waals surface area contributed by atoms with Gasteiger partial charge in [-0.05, 0) is 56.3 Å². The third kappa shape index (κ3) is 3.13. The van der Waals surface area contributed by atoms with Crippen LogP contribution in [0.25, 0.3) is 11.3 Å². The van der Waals surface area contributed by atoms with Crippen LogP contribution >= 0.6 is 0 Å². The van der Waals surface area contributed by atoms with E-state index in [1.807, 2.05) is 56.1 Å². The fraction of sp³-hybridized carbons (Fsp3) is 0.167. The molecule has 0 N–H and O–H groups in total. The van der Waals surface area contributed by atoms with Gasteiger partial charge < -0.3 is 9.32 Å². The summed E-state index contributed by atoms with van der Waals surface area (Å²) in [6.07, 6.45) is 0.697. The smallest absolute Gasteiger partial charge is 0.230 e. The Morgan fingerprint density at radius 1 is 1.00 bits per heavy atom. The third-order valence-electron chi connectivity index (χ3n) is 3.55. The van der Waals surface area contributed by atoms with Gasteiger partial charge in [-0.2, -0.15) is 0 Å². The molecule has 0 aliphatic carbocycles. The van der Waals surface area contributed by atoms with Crippen molar-refractivity contribution in [3.63, 3.8) is 0 Å². The summed E-state index contributed by atoms with van der Waals surface area (Å²) >= 11 is 0. The van der Waals surface area contributed by atoms with Crippen LogP contribution in [0.5, 0.6) is 0 Å². The number of aryl methyl sites for hydroxylation is 2. The van der Waals surface area contributed by atoms with E-state index in [4.69, 9.17) is 4.42 Å². The van der Waals surface area contributed by atoms with Crippen molar-refractivity contribution in [2.45, 2.75) is 13.8 Å². The van der Waals surface area contributed by atoms with E-state index in [0.717, 1.165) is 22.6 Å². The topological polar surface area (TPSA) is 59.2 Å². The maximum absolute atomic E-state index is 10.7. The molecule has 1 aromatic carbocycles. The molecule has 2 heterocycles. The van der Waals surface area contributed by atoms with Crippen LogP contribution < -0.4 is 4.90 Å². The Bertz CT molecular complexity index is 817. The number of hydrogen-bond donors (Lipinski definition) is 0. The van der Waals surface area contributed by atoms with E-state index in [9.17, 15) is 4.79 Å². The molecule has 0 atom stereocenters. The number of aromatic nitrogens is 2. The van der Waals surface area contributed by atoms with Crippen LogP contribution in [-0.4, -0.2) is 23.3 Å². The van der Waals surface area contributed by atoms with Crippen molar-refractivity contribution in [1.82, 2.24) is 9.97 Å². The average Bonchev–Trinajstić information content (AvgIpc) is 3.02. The molecule has 3 rings (SSSR count). The maximum atomic E-state index is 10.7. The second-order valence-electron chi connectivity index (χ2n) is 5.38. The van der Waals surface area contributed by atoms with Crippen molar-refractivity contribution >= 4 is 17.9 Å². The number of carbonyl (C=O) groups is 1. The molecule has 0 fully saturated rings. The molecule has 0 spiro atoms. The van der Waals surface area contributed by atoms with Gasteiger partial charge in [0.15, 0.2) is 12.0 Å². The normalized spacial score (nSPS) is 10.6. The minimum absolute atomic E-state index is 0.324. The van der Waals surface area contributed by atoms with E-state index in [1.54, 1.807) is 12.1 Å². The second-order valence-corrected chi connectivity index (χ2v) is 5.38. The van der Waals surface area contributed by atoms with Crippen LogP contribution in [0, 0.1) is 13.8 Å². The van der Waals surface area contributed by atoms with E-state index >= 15 is 0 Å². The molecule has 5 nitrogen and oxygen atoms in total. The van der Waals surface area contributed by atoms with Crippen molar-refractivity contribution in [3.05, 3.63) is 59.6 Å². The molecule has 0 aliphatic rings. The van der Waals surface area contributed by atoms with Gasteiger partial charge in [0.25, 0.3) is 0 Å². The first-order chi connectivity index (χ1) is 11.1. The van der Waals surface area contributed by atoms with E-state index in [1.165, 1.54) is 0 Å². The summed E-state index contributed by atoms with van der Waals surface area (Å²) in [6, 6.07) is 13.2. The standard InChI is InChI=1S/C18H17N3O2/c1-12-10-13(2)20-18(19-12)21(3)15-6-4-14(5-7-15)17-9-8-16(11-22)23-17/h4-11H,1-3H3. The van der Waals surface area contributed by atoms with Gasteiger partial charge in [-0.25, -0.2) is 9.97 Å². The molecule has 0 aliphatic heterocycles. The van der Waals surface area contributed by atoms with Gasteiger partial charge in [0, 0.05) is 29.7 Å². The largest absolute Gasteiger partial charge is 0.453 e. The lowest BCUT2D eigenvalue weighted by Crippen LogP contribution is -2.14. The number of aldehydes is 1. The zero-order valence-corrected chi connectivity index (χ0v) is 13.3. The molecule has 2 aromatic heterocycles. The van der Waals surface area contributed by atoms with Crippen molar-refractivity contribution in [3.8, 4) is 11.3 Å². The first-order valence-corrected chi connectivity index (χ1v) is 7.28. The highest BCUT2D eigenvalue weighted by Gasteiger charge is 2.10. The summed E-state index contributed by atoms with van der Waals surface area (Å²) in [7, 11) is 1.93. The molecule has 0 saturated carbocycles. The van der Waals surface area contributed by atoms with Crippen molar-refractivity contribution in [1.29, 1.82) is 0 Å². The summed E-state index contributed by atoms with van der Waals surface area (Å²) < 4.78 is 5.43. The number of anilines is 2. The van der Waals surface area contributed by atoms with E-state index < -0.39 is 0 Å². The van der Waals surface area contributed by atoms with Gasteiger partial charge in [0.05, 0.1) is 0 Å². The van der Waals surface area contributed by atoms with Crippen LogP contribution in [0.15, 0.2) is 46.9 Å². The number of nitrogens with zero attached hydrogens (tertiary/aromatic N) is 3. The van der Waals surface area contributed by atoms with Crippen LogP contribution in [0.2, 0.25) is 0 Å². The van der Waals surface area contributed by atoms with Gasteiger partial charge in [-0.15, -0.1) is 0 Å². The highest BCUT2D eigenvalue weighted by Crippen LogP contribution is 2.26. The van der Waals surface area contributed by atoms with Gasteiger partial charge in [0.1, 0.15) is 5.76 Å². The van der Waals surface area contributed by atoms with Crippen LogP contribution in [0.4, 0.5) is 11.6 Å². The minimum Gasteiger partial charge on any atom is -0.453 e. The minimum atomic E-state index is 0.324. The molecule has 0 bridgehead atoms. The Morgan fingerprint density at radius 2 is 1.65 bits per heavy atom. The number of furan rings is 1. The summed E-state index contributed by atoms with van der Waals surface area (Å²) in [6.45, 7) is 3.91. The average molecular weight is 307 g/mol. The number of benzene rings is 1. The zero-order valence-electron chi connectivity index (χ0n) is 13.3. The fourth-order valence-electron chi connectivity index (χ4n) is 2.39. The summed E-state index contributed by atoms with van der Waals surface area (Å²) in [4.78, 5) is 21.6. The van der Waals surface area contributed by atoms with E-state index in [-0.39, 0.29) is 0 Å². The SMILES string of the molecule is Cc1cc(C)nc(N(C)c2ccc(-c3ccc(C=O)o3)cc2)n1. The Labute approximate surface area is 134 Å². The van der Waals surface area contributed by atoms with E-state index in [0.29, 0.717) is 23.8 Å². The first kappa shape index (κ1) is 15.0. The Hall–Kier alpha value is -2.95. The van der Waals surface area contributed by atoms with Gasteiger partial charge >= 0.3 is 0 Å². The maximum Gasteiger partial charge on any atom is 0.230 e. The quantitative estimate of drug-likeness (QED) is 0.683. The molecule has 116 valence electrons. The zero-order chi connectivity index (χ0) is 16.4. The molecule has 5 heteroatoms. The third-order valence-corrected chi connectivity index (χ3v) is 3.55. The highest BCUT2D eigenvalue weighted by molar-refractivity contribution is 5.73. The van der Waals surface area contributed by atoms with Crippen LogP contribution in [0.3, 0.4) is 0 Å². The van der Waals surface area contributed by atoms with Crippen molar-refractivity contribution < 1.29 is 9.21 Å². The van der Waals surface area contributed by atoms with Crippen LogP contribution in [-0.2, 0) is 0 Å². The molecule has 23 heavy (non-hydrogen) atoms. The summed E-state index contributed by atoms with van der Waals surface area (Å²) in [5.74, 6) is 1.66. The molecule has 3 aromatic rings. The first-order valence-electron chi connectivity index (χ1n) is 7.28. The molecule has 0 amide bonds. The predicted molar refractivity (Wildman–Crippen MR) is 89.1 cm³/mol. The van der Waals surface area contributed by atoms with Gasteiger partial charge in [-0.3, -0.25) is 4.79 Å². The predicted octanol–water partition coefficient (Wildman–Crippen LogP) is 3.93. The molecular weight excluding hydrogens is 290 g/mol. The molecule has 0 radical (unpaired) electrons. The van der Waals surface area contributed by atoms with Crippen molar-refractivity contribution in [2.75, 3.05) is 11.9 Å².